The molecule has 14 atom stereocenters. The molecular formula is C42H47O23+. The van der Waals surface area contributed by atoms with Crippen molar-refractivity contribution in [1.29, 1.82) is 0 Å². The number of benzene rings is 3. The predicted molar refractivity (Wildman–Crippen MR) is 214 cm³/mol. The summed E-state index contributed by atoms with van der Waals surface area (Å²) in [4.78, 5) is 12.5. The number of phenolic OH excluding ortho intramolecular Hbond substituents is 5. The Kier molecular flexibility index (Phi) is 14.5. The number of methoxy groups -OCH3 is 1. The second-order valence-electron chi connectivity index (χ2n) is 15.3. The third-order valence-corrected chi connectivity index (χ3v) is 10.8. The Morgan fingerprint density at radius 3 is 2.12 bits per heavy atom. The fourth-order valence-corrected chi connectivity index (χ4v) is 7.16. The van der Waals surface area contributed by atoms with E-state index in [9.17, 15) is 71.2 Å². The first-order valence-corrected chi connectivity index (χ1v) is 19.8. The van der Waals surface area contributed by atoms with Crippen LogP contribution in [0.4, 0.5) is 0 Å². The van der Waals surface area contributed by atoms with Crippen molar-refractivity contribution in [3.8, 4) is 51.6 Å². The molecule has 4 aromatic rings. The Bertz CT molecular complexity index is 2340. The van der Waals surface area contributed by atoms with Gasteiger partial charge in [-0.05, 0) is 35.9 Å². The van der Waals surface area contributed by atoms with Gasteiger partial charge in [-0.1, -0.05) is 6.07 Å². The topological polar surface area (TPSA) is 365 Å². The summed E-state index contributed by atoms with van der Waals surface area (Å²) >= 11 is 0. The lowest BCUT2D eigenvalue weighted by Crippen LogP contribution is -2.64. The van der Waals surface area contributed by atoms with Gasteiger partial charge < -0.3 is 104 Å². The van der Waals surface area contributed by atoms with Crippen molar-refractivity contribution >= 4 is 23.0 Å². The van der Waals surface area contributed by atoms with Gasteiger partial charge in [0, 0.05) is 24.3 Å². The molecule has 3 aliphatic rings. The predicted octanol–water partition coefficient (Wildman–Crippen LogP) is -1.35. The third kappa shape index (κ3) is 10.3. The first kappa shape index (κ1) is 47.3. The van der Waals surface area contributed by atoms with Crippen LogP contribution in [-0.4, -0.2) is 185 Å². The monoisotopic (exact) mass is 919 g/mol. The number of ether oxygens (including phenoxy) is 8. The maximum absolute atomic E-state index is 12.5. The van der Waals surface area contributed by atoms with Crippen LogP contribution in [-0.2, 0) is 33.2 Å². The quantitative estimate of drug-likeness (QED) is 0.0319. The summed E-state index contributed by atoms with van der Waals surface area (Å²) in [5, 5.41) is 137. The summed E-state index contributed by atoms with van der Waals surface area (Å²) in [6.45, 7) is -1.95. The average molecular weight is 920 g/mol. The molecule has 0 spiro atoms. The summed E-state index contributed by atoms with van der Waals surface area (Å²) in [5.41, 5.74) is 0.417. The van der Waals surface area contributed by atoms with Gasteiger partial charge in [0.05, 0.1) is 32.0 Å². The number of aromatic hydroxyl groups is 5. The molecule has 0 bridgehead atoms. The lowest BCUT2D eigenvalue weighted by molar-refractivity contribution is -0.353. The van der Waals surface area contributed by atoms with Crippen molar-refractivity contribution in [2.75, 3.05) is 26.9 Å². The van der Waals surface area contributed by atoms with Gasteiger partial charge in [0.1, 0.15) is 84.5 Å². The van der Waals surface area contributed by atoms with Gasteiger partial charge in [-0.25, -0.2) is 9.21 Å². The van der Waals surface area contributed by atoms with Gasteiger partial charge in [0.2, 0.25) is 12.0 Å². The Morgan fingerprint density at radius 1 is 0.692 bits per heavy atom. The van der Waals surface area contributed by atoms with E-state index in [0.717, 1.165) is 30.3 Å². The number of phenols is 5. The third-order valence-electron chi connectivity index (χ3n) is 10.8. The van der Waals surface area contributed by atoms with Gasteiger partial charge in [-0.15, -0.1) is 0 Å². The first-order chi connectivity index (χ1) is 30.9. The number of rotatable bonds is 13. The van der Waals surface area contributed by atoms with Crippen LogP contribution in [0.5, 0.6) is 40.2 Å². The Morgan fingerprint density at radius 2 is 1.38 bits per heavy atom. The van der Waals surface area contributed by atoms with Gasteiger partial charge in [-0.3, -0.25) is 0 Å². The largest absolute Gasteiger partial charge is 0.507 e. The highest BCUT2D eigenvalue weighted by Crippen LogP contribution is 2.43. The SMILES string of the molecule is COc1cc(/C=C/C(=O)OC[C@H]2O[C@@H](OC[C@H]3O[C@@H](Oc4cc5c(O)cc(O)cc5[o+]c4-c4ccc(O)c(O)c4)[C@H](O[C@@H]4OC[C@@H](O)[C@H](O)[C@H]4O)[C@@H](O)[C@H]3O)[C@H](O)[C@@H](O)[C@@H]2O)ccc1O. The minimum Gasteiger partial charge on any atom is -0.507 e. The van der Waals surface area contributed by atoms with Crippen molar-refractivity contribution in [3.63, 3.8) is 0 Å². The second kappa shape index (κ2) is 19.8. The van der Waals surface area contributed by atoms with Crippen LogP contribution in [0.2, 0.25) is 0 Å². The molecule has 23 nitrogen and oxygen atoms in total. The molecule has 3 saturated heterocycles. The molecule has 3 aliphatic heterocycles. The Labute approximate surface area is 366 Å². The first-order valence-electron chi connectivity index (χ1n) is 19.8. The number of fused-ring (bicyclic) bond motifs is 1. The van der Waals surface area contributed by atoms with Crippen LogP contribution in [0.1, 0.15) is 5.56 Å². The smallest absolute Gasteiger partial charge is 0.402 e. The Hall–Kier alpha value is -5.64. The van der Waals surface area contributed by atoms with Gasteiger partial charge in [-0.2, -0.15) is 0 Å². The lowest BCUT2D eigenvalue weighted by atomic mass is 9.98. The molecule has 0 aliphatic carbocycles. The number of hydrogen-bond acceptors (Lipinski definition) is 22. The Balaban J connectivity index is 1.12. The van der Waals surface area contributed by atoms with E-state index in [1.807, 2.05) is 0 Å². The van der Waals surface area contributed by atoms with Crippen molar-refractivity contribution in [2.24, 2.45) is 0 Å². The molecule has 4 heterocycles. The molecule has 3 fully saturated rings. The number of aliphatic hydroxyl groups excluding tert-OH is 8. The molecule has 3 aromatic carbocycles. The number of carbonyl (C=O) groups excluding carboxylic acids is 1. The zero-order chi connectivity index (χ0) is 46.9. The van der Waals surface area contributed by atoms with E-state index in [1.54, 1.807) is 0 Å². The fourth-order valence-electron chi connectivity index (χ4n) is 7.16. The maximum Gasteiger partial charge on any atom is 0.402 e. The van der Waals surface area contributed by atoms with Crippen LogP contribution in [0.15, 0.2) is 65.1 Å². The molecule has 1 aromatic heterocycles. The normalized spacial score (nSPS) is 31.8. The molecule has 7 rings (SSSR count). The number of carbonyl (C=O) groups is 1. The summed E-state index contributed by atoms with van der Waals surface area (Å²) in [6, 6.07) is 11.2. The number of esters is 1. The van der Waals surface area contributed by atoms with Crippen molar-refractivity contribution in [1.82, 2.24) is 0 Å². The van der Waals surface area contributed by atoms with E-state index >= 15 is 0 Å². The number of aliphatic hydroxyl groups is 8. The zero-order valence-electron chi connectivity index (χ0n) is 34.0. The van der Waals surface area contributed by atoms with Crippen LogP contribution < -0.4 is 9.47 Å². The van der Waals surface area contributed by atoms with Gasteiger partial charge in [0.25, 0.3) is 0 Å². The molecule has 0 radical (unpaired) electrons. The highest BCUT2D eigenvalue weighted by atomic mass is 16.8. The molecular weight excluding hydrogens is 872 g/mol. The highest BCUT2D eigenvalue weighted by molar-refractivity contribution is 5.89. The van der Waals surface area contributed by atoms with Crippen LogP contribution in [0.25, 0.3) is 28.4 Å². The van der Waals surface area contributed by atoms with Crippen LogP contribution in [0.3, 0.4) is 0 Å². The molecule has 23 heteroatoms. The van der Waals surface area contributed by atoms with Crippen LogP contribution >= 0.6 is 0 Å². The molecule has 65 heavy (non-hydrogen) atoms. The van der Waals surface area contributed by atoms with E-state index in [0.29, 0.717) is 5.56 Å². The molecule has 352 valence electrons. The van der Waals surface area contributed by atoms with Crippen LogP contribution in [0, 0.1) is 0 Å². The van der Waals surface area contributed by atoms with Crippen molar-refractivity contribution in [3.05, 3.63) is 66.2 Å². The standard InChI is InChI=1S/C42H46O23/c1-57-26-8-16(2-5-21(26)45)3-7-30(49)58-14-28-32(51)34(53)37(56)40(63-28)60-15-29-33(52)35(54)39(65-41-36(55)31(50)24(48)13-59-41)42(64-29)62-27-12-19-22(46)10-18(43)11-25(19)61-38(27)17-4-6-20(44)23(47)9-17/h2-12,24,28-29,31-37,39-42,48,50-56H,13-15H2,1H3,(H4-,43,44,45,46,47,49)/p+1/t24-,28-,29-,31+,32-,33+,34+,35+,36-,37-,39-,40-,41+,42-/m1/s1. The molecule has 0 unspecified atom stereocenters. The van der Waals surface area contributed by atoms with Gasteiger partial charge in [0.15, 0.2) is 41.7 Å². The van der Waals surface area contributed by atoms with E-state index < -0.39 is 135 Å². The van der Waals surface area contributed by atoms with Gasteiger partial charge >= 0.3 is 17.3 Å². The maximum atomic E-state index is 12.5. The van der Waals surface area contributed by atoms with E-state index in [4.69, 9.17) is 42.3 Å². The van der Waals surface area contributed by atoms with E-state index in [1.165, 1.54) is 43.5 Å². The fraction of sp³-hybridized carbons (Fsp3) is 0.429. The summed E-state index contributed by atoms with van der Waals surface area (Å²) in [5.74, 6) is -3.40. The average Bonchev–Trinajstić information content (AvgIpc) is 3.28. The lowest BCUT2D eigenvalue weighted by Gasteiger charge is -2.45. The van der Waals surface area contributed by atoms with Crippen molar-refractivity contribution in [2.45, 2.75) is 86.0 Å². The van der Waals surface area contributed by atoms with Crippen molar-refractivity contribution < 1.29 is 113 Å². The minimum absolute atomic E-state index is 0.0418. The summed E-state index contributed by atoms with van der Waals surface area (Å²) < 4.78 is 51.0. The zero-order valence-corrected chi connectivity index (χ0v) is 34.0. The highest BCUT2D eigenvalue weighted by Gasteiger charge is 2.52. The second-order valence-corrected chi connectivity index (χ2v) is 15.3. The minimum atomic E-state index is -2.03. The number of hydrogen-bond donors (Lipinski definition) is 13. The molecule has 0 amide bonds. The summed E-state index contributed by atoms with van der Waals surface area (Å²) in [7, 11) is 1.34. The molecule has 0 saturated carbocycles. The molecule has 13 N–H and O–H groups in total. The summed E-state index contributed by atoms with van der Waals surface area (Å²) in [6.07, 6.45) is -22.8. The van der Waals surface area contributed by atoms with E-state index in [2.05, 4.69) is 0 Å². The van der Waals surface area contributed by atoms with E-state index in [-0.39, 0.29) is 39.5 Å².